The lowest BCUT2D eigenvalue weighted by Gasteiger charge is -2.32. The smallest absolute Gasteiger partial charge is 0.374 e. The van der Waals surface area contributed by atoms with Crippen LogP contribution in [0.15, 0.2) is 91.0 Å². The second-order valence-corrected chi connectivity index (χ2v) is 17.9. The van der Waals surface area contributed by atoms with Crippen LogP contribution >= 0.6 is 12.6 Å². The van der Waals surface area contributed by atoms with Gasteiger partial charge >= 0.3 is 17.9 Å². The minimum absolute atomic E-state index is 0.0657. The van der Waals surface area contributed by atoms with E-state index in [1.807, 2.05) is 6.07 Å². The van der Waals surface area contributed by atoms with Gasteiger partial charge in [-0.1, -0.05) is 111 Å². The van der Waals surface area contributed by atoms with Gasteiger partial charge in [0.2, 0.25) is 35.4 Å². The van der Waals surface area contributed by atoms with Crippen LogP contribution in [0, 0.1) is 5.92 Å². The monoisotopic (exact) mass is 997 g/mol. The Hall–Kier alpha value is -7.55. The molecule has 1 heterocycles. The quantitative estimate of drug-likeness (QED) is 0.0319. The zero-order valence-electron chi connectivity index (χ0n) is 38.9. The molecule has 71 heavy (non-hydrogen) atoms. The minimum atomic E-state index is -1.81. The summed E-state index contributed by atoms with van der Waals surface area (Å²) in [7, 11) is 0. The molecule has 0 unspecified atom stereocenters. The van der Waals surface area contributed by atoms with Gasteiger partial charge in [0.05, 0.1) is 6.42 Å². The van der Waals surface area contributed by atoms with E-state index in [2.05, 4.69) is 49.5 Å². The fourth-order valence-corrected chi connectivity index (χ4v) is 8.96. The number of Topliss-reactive ketones (excluding diaryl/α,β-unsaturated/α-hetero) is 1. The summed E-state index contributed by atoms with van der Waals surface area (Å²) in [4.78, 5) is 135. The van der Waals surface area contributed by atoms with Crippen molar-refractivity contribution in [2.45, 2.75) is 113 Å². The van der Waals surface area contributed by atoms with E-state index in [4.69, 9.17) is 0 Å². The fourth-order valence-electron chi connectivity index (χ4n) is 8.70. The highest BCUT2D eigenvalue weighted by molar-refractivity contribution is 7.80. The number of aromatic nitrogens is 1. The second-order valence-electron chi connectivity index (χ2n) is 17.5. The molecule has 0 radical (unpaired) electrons. The van der Waals surface area contributed by atoms with E-state index in [0.717, 1.165) is 31.6 Å². The lowest BCUT2D eigenvalue weighted by Crippen LogP contribution is -2.61. The van der Waals surface area contributed by atoms with Gasteiger partial charge in [-0.3, -0.25) is 43.2 Å². The molecule has 20 nitrogen and oxygen atoms in total. The van der Waals surface area contributed by atoms with E-state index in [-0.39, 0.29) is 24.5 Å². The molecule has 10 N–H and O–H groups in total. The van der Waals surface area contributed by atoms with Gasteiger partial charge in [0, 0.05) is 42.6 Å². The summed E-state index contributed by atoms with van der Waals surface area (Å²) in [6, 6.07) is 16.6. The average Bonchev–Trinajstić information content (AvgIpc) is 3.76. The highest BCUT2D eigenvalue weighted by atomic mass is 32.1. The van der Waals surface area contributed by atoms with Gasteiger partial charge in [-0.2, -0.15) is 12.6 Å². The molecule has 6 amide bonds. The highest BCUT2D eigenvalue weighted by Gasteiger charge is 2.39. The van der Waals surface area contributed by atoms with E-state index in [1.165, 1.54) is 0 Å². The molecule has 21 heteroatoms. The summed E-state index contributed by atoms with van der Waals surface area (Å²) < 4.78 is 0. The normalized spacial score (nSPS) is 15.1. The summed E-state index contributed by atoms with van der Waals surface area (Å²) in [6.45, 7) is 1.09. The second kappa shape index (κ2) is 26.4. The molecule has 378 valence electrons. The molecule has 0 aliphatic heterocycles. The minimum Gasteiger partial charge on any atom is -0.481 e. The molecule has 3 aromatic carbocycles. The number of thiol groups is 1. The number of carbonyl (C=O) groups is 10. The fraction of sp³-hybridized carbons (Fsp3) is 0.400. The molecule has 1 aliphatic rings. The maximum absolute atomic E-state index is 15.1. The molecule has 1 saturated carbocycles. The first-order valence-electron chi connectivity index (χ1n) is 23.2. The van der Waals surface area contributed by atoms with Gasteiger partial charge in [-0.05, 0) is 47.4 Å². The first-order chi connectivity index (χ1) is 33.9. The van der Waals surface area contributed by atoms with Crippen molar-refractivity contribution in [2.24, 2.45) is 5.92 Å². The standard InChI is InChI=1S/C50H59N7O13S/c1-28(58)51-38(26-41(61)62)47(66)55-37(25-33-24-32-19-11-12-20-34(32)52-33)48(67)57-43(42(30-15-7-3-8-16-30)31-17-9-4-10-18-31)49(68)53-35(21-22-40(59)60)45(64)54-36(23-29-13-5-2-6-14-29)46(65)56-39(27-71)44(63)50(69)70/h3-4,7-12,15-20,24,29,35-39,42-43,52,71H,2,5-6,13-14,21-23,25-27H2,1H3,(H,51,58)(H,53,68)(H,54,64)(H,55,66)(H,56,65)(H,57,67)(H,59,60)(H,61,62)(H,69,70)/t35-,36-,37+,38-,39-,43-/m0/s1. The van der Waals surface area contributed by atoms with Crippen LogP contribution in [0.4, 0.5) is 0 Å². The van der Waals surface area contributed by atoms with Crippen molar-refractivity contribution in [3.05, 3.63) is 108 Å². The Morgan fingerprint density at radius 1 is 0.606 bits per heavy atom. The van der Waals surface area contributed by atoms with Gasteiger partial charge in [0.15, 0.2) is 0 Å². The third kappa shape index (κ3) is 16.3. The number of aromatic amines is 1. The number of fused-ring (bicyclic) bond motifs is 1. The van der Waals surface area contributed by atoms with Crippen molar-refractivity contribution in [2.75, 3.05) is 5.75 Å². The molecule has 0 saturated heterocycles. The van der Waals surface area contributed by atoms with Crippen molar-refractivity contribution in [1.29, 1.82) is 0 Å². The number of benzene rings is 3. The predicted octanol–water partition coefficient (Wildman–Crippen LogP) is 2.36. The van der Waals surface area contributed by atoms with Crippen molar-refractivity contribution in [1.82, 2.24) is 36.9 Å². The van der Waals surface area contributed by atoms with E-state index < -0.39 is 121 Å². The number of rotatable bonds is 26. The summed E-state index contributed by atoms with van der Waals surface area (Å²) in [5.41, 5.74) is 2.16. The number of amides is 6. The van der Waals surface area contributed by atoms with E-state index in [0.29, 0.717) is 35.2 Å². The predicted molar refractivity (Wildman–Crippen MR) is 261 cm³/mol. The lowest BCUT2D eigenvalue weighted by atomic mass is 9.84. The third-order valence-electron chi connectivity index (χ3n) is 12.2. The molecular formula is C50H59N7O13S. The number of carbonyl (C=O) groups excluding carboxylic acids is 7. The zero-order chi connectivity index (χ0) is 51.6. The Labute approximate surface area is 414 Å². The van der Waals surface area contributed by atoms with E-state index in [9.17, 15) is 58.5 Å². The Morgan fingerprint density at radius 3 is 1.70 bits per heavy atom. The highest BCUT2D eigenvalue weighted by Crippen LogP contribution is 2.30. The molecule has 0 bridgehead atoms. The topological polar surface area (TPSA) is 319 Å². The first-order valence-corrected chi connectivity index (χ1v) is 23.8. The number of para-hydroxylation sites is 1. The number of nitrogens with one attached hydrogen (secondary N) is 7. The molecule has 6 atom stereocenters. The molecule has 5 rings (SSSR count). The van der Waals surface area contributed by atoms with Gasteiger partial charge in [-0.25, -0.2) is 4.79 Å². The van der Waals surface area contributed by atoms with Crippen LogP contribution < -0.4 is 31.9 Å². The number of carboxylic acids is 3. The molecule has 0 spiro atoms. The Morgan fingerprint density at radius 2 is 1.14 bits per heavy atom. The number of carboxylic acid groups (broad SMARTS) is 3. The number of ketones is 1. The largest absolute Gasteiger partial charge is 0.481 e. The number of H-pyrrole nitrogens is 1. The third-order valence-corrected chi connectivity index (χ3v) is 12.5. The van der Waals surface area contributed by atoms with Crippen molar-refractivity contribution in [3.63, 3.8) is 0 Å². The molecule has 1 aromatic heterocycles. The van der Waals surface area contributed by atoms with Crippen molar-refractivity contribution < 1.29 is 63.3 Å². The van der Waals surface area contributed by atoms with Crippen LogP contribution in [-0.2, 0) is 54.4 Å². The summed E-state index contributed by atoms with van der Waals surface area (Å²) >= 11 is 4.04. The lowest BCUT2D eigenvalue weighted by molar-refractivity contribution is -0.150. The van der Waals surface area contributed by atoms with Crippen LogP contribution in [0.5, 0.6) is 0 Å². The molecule has 1 fully saturated rings. The maximum Gasteiger partial charge on any atom is 0.374 e. The average molecular weight is 998 g/mol. The van der Waals surface area contributed by atoms with Gasteiger partial charge in [0.1, 0.15) is 36.3 Å². The number of hydrogen-bond donors (Lipinski definition) is 11. The van der Waals surface area contributed by atoms with E-state index >= 15 is 4.79 Å². The first kappa shape index (κ1) is 54.4. The van der Waals surface area contributed by atoms with Crippen LogP contribution in [0.1, 0.15) is 87.4 Å². The number of aliphatic carboxylic acids is 3. The number of hydrogen-bond acceptors (Lipinski definition) is 11. The molecule has 1 aliphatic carbocycles. The van der Waals surface area contributed by atoms with Crippen LogP contribution in [0.2, 0.25) is 0 Å². The Bertz CT molecular complexity index is 2460. The van der Waals surface area contributed by atoms with Crippen LogP contribution in [0.3, 0.4) is 0 Å². The van der Waals surface area contributed by atoms with Crippen LogP contribution in [0.25, 0.3) is 10.9 Å². The van der Waals surface area contributed by atoms with Gasteiger partial charge in [0.25, 0.3) is 5.78 Å². The van der Waals surface area contributed by atoms with Crippen LogP contribution in [-0.4, -0.2) is 121 Å². The summed E-state index contributed by atoms with van der Waals surface area (Å²) in [6.07, 6.45) is 1.93. The maximum atomic E-state index is 15.1. The SMILES string of the molecule is CC(=O)N[C@@H](CC(=O)O)C(=O)N[C@H](Cc1cc2ccccc2[nH]1)C(=O)N[C@H](C(=O)N[C@@H](CCC(=O)O)C(=O)N[C@@H](CC1CCCCC1)C(=O)N[C@@H](CS)C(=O)C(=O)O)C(c1ccccc1)c1ccccc1. The summed E-state index contributed by atoms with van der Waals surface area (Å²) in [5.74, 6) is -12.9. The van der Waals surface area contributed by atoms with Gasteiger partial charge in [-0.15, -0.1) is 0 Å². The zero-order valence-corrected chi connectivity index (χ0v) is 39.8. The van der Waals surface area contributed by atoms with Crippen molar-refractivity contribution >= 4 is 82.7 Å². The Balaban J connectivity index is 1.55. The Kier molecular flexibility index (Phi) is 20.3. The summed E-state index contributed by atoms with van der Waals surface area (Å²) in [5, 5.41) is 44.8. The molecular weight excluding hydrogens is 939 g/mol. The van der Waals surface area contributed by atoms with Gasteiger partial charge < -0.3 is 52.2 Å². The molecule has 4 aromatic rings. The van der Waals surface area contributed by atoms with Crippen molar-refractivity contribution in [3.8, 4) is 0 Å². The van der Waals surface area contributed by atoms with E-state index in [1.54, 1.807) is 84.9 Å².